The highest BCUT2D eigenvalue weighted by Crippen LogP contribution is 2.28. The van der Waals surface area contributed by atoms with Crippen molar-refractivity contribution in [1.82, 2.24) is 15.0 Å². The number of nitrogens with zero attached hydrogens (tertiary/aromatic N) is 2. The minimum atomic E-state index is -0.262. The molecule has 0 fully saturated rings. The van der Waals surface area contributed by atoms with Crippen LogP contribution in [0, 0.1) is 5.92 Å². The highest BCUT2D eigenvalue weighted by atomic mass is 16.5. The van der Waals surface area contributed by atoms with Gasteiger partial charge < -0.3 is 14.5 Å². The molecule has 4 aromatic rings. The summed E-state index contributed by atoms with van der Waals surface area (Å²) in [5.74, 6) is 0.648. The summed E-state index contributed by atoms with van der Waals surface area (Å²) in [5, 5.41) is 0.828. The molecule has 4 rings (SSSR count). The summed E-state index contributed by atoms with van der Waals surface area (Å²) < 4.78 is 11.5. The first-order chi connectivity index (χ1) is 15.1. The summed E-state index contributed by atoms with van der Waals surface area (Å²) in [6, 6.07) is 17.5. The fourth-order valence-corrected chi connectivity index (χ4v) is 3.48. The second-order valence-electron chi connectivity index (χ2n) is 7.78. The van der Waals surface area contributed by atoms with Gasteiger partial charge >= 0.3 is 0 Å². The molecule has 0 aliphatic carbocycles. The molecule has 2 aromatic carbocycles. The Labute approximate surface area is 181 Å². The minimum Gasteiger partial charge on any atom is -0.479 e. The van der Waals surface area contributed by atoms with Crippen molar-refractivity contribution in [1.29, 1.82) is 0 Å². The maximum Gasteiger partial charge on any atom is 0.244 e. The largest absolute Gasteiger partial charge is 0.479 e. The maximum absolute atomic E-state index is 13.4. The lowest BCUT2D eigenvalue weighted by molar-refractivity contribution is 0.103. The van der Waals surface area contributed by atoms with Crippen LogP contribution in [0.5, 0.6) is 11.8 Å². The standard InChI is InChI=1S/C25H25N3O3/c1-16(2)13-21-24(31-15-17-9-5-4-6-10-17)28-22(25(27-21)30-3)23(29)19-14-26-20-12-8-7-11-18(19)20/h4-12,14,16,26H,13,15H2,1-3H3. The van der Waals surface area contributed by atoms with Crippen LogP contribution in [0.15, 0.2) is 60.8 Å². The van der Waals surface area contributed by atoms with Crippen molar-refractivity contribution in [3.05, 3.63) is 83.3 Å². The number of nitrogens with one attached hydrogen (secondary N) is 1. The smallest absolute Gasteiger partial charge is 0.244 e. The van der Waals surface area contributed by atoms with Crippen molar-refractivity contribution in [2.75, 3.05) is 7.11 Å². The number of hydrogen-bond donors (Lipinski definition) is 1. The van der Waals surface area contributed by atoms with Crippen LogP contribution < -0.4 is 9.47 Å². The van der Waals surface area contributed by atoms with Gasteiger partial charge in [-0.2, -0.15) is 0 Å². The molecule has 158 valence electrons. The lowest BCUT2D eigenvalue weighted by Crippen LogP contribution is -2.13. The van der Waals surface area contributed by atoms with Gasteiger partial charge in [-0.15, -0.1) is 0 Å². The first-order valence-corrected chi connectivity index (χ1v) is 10.3. The number of benzene rings is 2. The predicted octanol–water partition coefficient (Wildman–Crippen LogP) is 4.98. The number of rotatable bonds is 8. The molecule has 0 amide bonds. The van der Waals surface area contributed by atoms with E-state index < -0.39 is 0 Å². The van der Waals surface area contributed by atoms with Gasteiger partial charge in [-0.25, -0.2) is 9.97 Å². The summed E-state index contributed by atoms with van der Waals surface area (Å²) in [4.78, 5) is 25.8. The Morgan fingerprint density at radius 1 is 1.00 bits per heavy atom. The molecule has 31 heavy (non-hydrogen) atoms. The first kappa shape index (κ1) is 20.6. The van der Waals surface area contributed by atoms with Gasteiger partial charge in [0.25, 0.3) is 0 Å². The van der Waals surface area contributed by atoms with Crippen LogP contribution in [-0.2, 0) is 13.0 Å². The number of ether oxygens (including phenoxy) is 2. The third kappa shape index (κ3) is 4.43. The van der Waals surface area contributed by atoms with Crippen LogP contribution in [0.1, 0.15) is 41.2 Å². The third-order valence-electron chi connectivity index (χ3n) is 4.96. The van der Waals surface area contributed by atoms with Crippen molar-refractivity contribution >= 4 is 16.7 Å². The molecule has 6 heteroatoms. The molecular weight excluding hydrogens is 390 g/mol. The van der Waals surface area contributed by atoms with Crippen molar-refractivity contribution in [2.24, 2.45) is 5.92 Å². The number of carbonyl (C=O) groups excluding carboxylic acids is 1. The number of fused-ring (bicyclic) bond motifs is 1. The van der Waals surface area contributed by atoms with Gasteiger partial charge in [0.15, 0.2) is 5.69 Å². The van der Waals surface area contributed by atoms with Crippen LogP contribution in [0.3, 0.4) is 0 Å². The maximum atomic E-state index is 13.4. The number of carbonyl (C=O) groups is 1. The Balaban J connectivity index is 1.74. The normalized spacial score (nSPS) is 11.1. The molecule has 0 spiro atoms. The van der Waals surface area contributed by atoms with Crippen molar-refractivity contribution < 1.29 is 14.3 Å². The molecule has 0 radical (unpaired) electrons. The average Bonchev–Trinajstić information content (AvgIpc) is 3.22. The molecule has 6 nitrogen and oxygen atoms in total. The summed E-state index contributed by atoms with van der Waals surface area (Å²) in [5.41, 5.74) is 3.24. The van der Waals surface area contributed by atoms with E-state index >= 15 is 0 Å². The van der Waals surface area contributed by atoms with E-state index in [0.717, 1.165) is 16.5 Å². The lowest BCUT2D eigenvalue weighted by Gasteiger charge is -2.15. The summed E-state index contributed by atoms with van der Waals surface area (Å²) in [7, 11) is 1.50. The SMILES string of the molecule is COc1nc(CC(C)C)c(OCc2ccccc2)nc1C(=O)c1c[nH]c2ccccc12. The number of aromatic nitrogens is 3. The van der Waals surface area contributed by atoms with Gasteiger partial charge in [-0.05, 0) is 24.0 Å². The van der Waals surface area contributed by atoms with Gasteiger partial charge in [-0.1, -0.05) is 62.4 Å². The summed E-state index contributed by atoms with van der Waals surface area (Å²) in [6.45, 7) is 4.54. The van der Waals surface area contributed by atoms with Gasteiger partial charge in [0.2, 0.25) is 17.5 Å². The number of H-pyrrole nitrogens is 1. The molecule has 2 heterocycles. The highest BCUT2D eigenvalue weighted by molar-refractivity contribution is 6.16. The quantitative estimate of drug-likeness (QED) is 0.411. The summed E-state index contributed by atoms with van der Waals surface area (Å²) in [6.07, 6.45) is 2.36. The minimum absolute atomic E-state index is 0.142. The summed E-state index contributed by atoms with van der Waals surface area (Å²) >= 11 is 0. The van der Waals surface area contributed by atoms with E-state index in [-0.39, 0.29) is 17.4 Å². The van der Waals surface area contributed by atoms with Gasteiger partial charge in [-0.3, -0.25) is 4.79 Å². The molecule has 0 saturated carbocycles. The number of methoxy groups -OCH3 is 1. The van der Waals surface area contributed by atoms with Crippen LogP contribution in [0.2, 0.25) is 0 Å². The fraction of sp³-hybridized carbons (Fsp3) is 0.240. The van der Waals surface area contributed by atoms with Crippen molar-refractivity contribution in [2.45, 2.75) is 26.9 Å². The Morgan fingerprint density at radius 3 is 2.48 bits per heavy atom. The van der Waals surface area contributed by atoms with E-state index in [4.69, 9.17) is 9.47 Å². The van der Waals surface area contributed by atoms with E-state index in [2.05, 4.69) is 28.8 Å². The van der Waals surface area contributed by atoms with Gasteiger partial charge in [0.1, 0.15) is 12.3 Å². The van der Waals surface area contributed by atoms with Gasteiger partial charge in [0.05, 0.1) is 7.11 Å². The molecule has 0 bridgehead atoms. The number of ketones is 1. The van der Waals surface area contributed by atoms with Crippen LogP contribution >= 0.6 is 0 Å². The second kappa shape index (κ2) is 9.00. The zero-order chi connectivity index (χ0) is 21.8. The third-order valence-corrected chi connectivity index (χ3v) is 4.96. The Bertz CT molecular complexity index is 1200. The molecule has 2 aromatic heterocycles. The average molecular weight is 415 g/mol. The lowest BCUT2D eigenvalue weighted by atomic mass is 10.1. The molecule has 0 saturated heterocycles. The second-order valence-corrected chi connectivity index (χ2v) is 7.78. The Hall–Kier alpha value is -3.67. The van der Waals surface area contributed by atoms with E-state index in [9.17, 15) is 4.79 Å². The Morgan fingerprint density at radius 2 is 1.74 bits per heavy atom. The zero-order valence-corrected chi connectivity index (χ0v) is 17.9. The number of aromatic amines is 1. The Kier molecular flexibility index (Phi) is 5.98. The van der Waals surface area contributed by atoms with Crippen molar-refractivity contribution in [3.8, 4) is 11.8 Å². The van der Waals surface area contributed by atoms with Crippen LogP contribution in [0.25, 0.3) is 10.9 Å². The van der Waals surface area contributed by atoms with Crippen LogP contribution in [0.4, 0.5) is 0 Å². The molecular formula is C25H25N3O3. The molecule has 0 unspecified atom stereocenters. The fourth-order valence-electron chi connectivity index (χ4n) is 3.48. The van der Waals surface area contributed by atoms with Crippen LogP contribution in [-0.4, -0.2) is 27.8 Å². The molecule has 1 N–H and O–H groups in total. The van der Waals surface area contributed by atoms with E-state index in [1.807, 2.05) is 54.6 Å². The monoisotopic (exact) mass is 415 g/mol. The van der Waals surface area contributed by atoms with E-state index in [1.165, 1.54) is 7.11 Å². The number of para-hydroxylation sites is 1. The first-order valence-electron chi connectivity index (χ1n) is 10.3. The van der Waals surface area contributed by atoms with Crippen molar-refractivity contribution in [3.63, 3.8) is 0 Å². The number of hydrogen-bond acceptors (Lipinski definition) is 5. The molecule has 0 aliphatic heterocycles. The zero-order valence-electron chi connectivity index (χ0n) is 17.9. The molecule has 0 aliphatic rings. The van der Waals surface area contributed by atoms with E-state index in [0.29, 0.717) is 36.1 Å². The predicted molar refractivity (Wildman–Crippen MR) is 120 cm³/mol. The topological polar surface area (TPSA) is 77.1 Å². The van der Waals surface area contributed by atoms with Gasteiger partial charge in [0, 0.05) is 22.7 Å². The highest BCUT2D eigenvalue weighted by Gasteiger charge is 2.24. The molecule has 0 atom stereocenters. The van der Waals surface area contributed by atoms with E-state index in [1.54, 1.807) is 6.20 Å².